The van der Waals surface area contributed by atoms with Crippen molar-refractivity contribution < 1.29 is 17.6 Å². The van der Waals surface area contributed by atoms with E-state index < -0.39 is 10.0 Å². The van der Waals surface area contributed by atoms with Crippen LogP contribution in [-0.4, -0.2) is 51.9 Å². The number of nitrogens with zero attached hydrogens (tertiary/aromatic N) is 1. The molecule has 0 aromatic carbocycles. The Hall–Kier alpha value is -0.890. The summed E-state index contributed by atoms with van der Waals surface area (Å²) in [6.07, 6.45) is 3.17. The van der Waals surface area contributed by atoms with Crippen molar-refractivity contribution in [3.63, 3.8) is 0 Å². The van der Waals surface area contributed by atoms with Gasteiger partial charge in [0.1, 0.15) is 5.76 Å². The Morgan fingerprint density at radius 2 is 2.14 bits per heavy atom. The Labute approximate surface area is 126 Å². The first-order valence-electron chi connectivity index (χ1n) is 7.45. The second kappa shape index (κ2) is 7.93. The standard InChI is InChI=1S/C14H24N2O4S/c1-2-3-11-21(17,18)15-12-13(14-5-4-8-20-14)16-6-9-19-10-7-16/h4-5,8,13,15H,2-3,6-7,9-12H2,1H3. The summed E-state index contributed by atoms with van der Waals surface area (Å²) in [5.41, 5.74) is 0. The van der Waals surface area contributed by atoms with E-state index >= 15 is 0 Å². The summed E-state index contributed by atoms with van der Waals surface area (Å²) in [7, 11) is -3.22. The lowest BCUT2D eigenvalue weighted by atomic mass is 10.2. The second-order valence-corrected chi connectivity index (χ2v) is 7.13. The summed E-state index contributed by atoms with van der Waals surface area (Å²) in [6, 6.07) is 3.63. The van der Waals surface area contributed by atoms with E-state index in [1.54, 1.807) is 6.26 Å². The molecule has 120 valence electrons. The molecule has 1 atom stereocenters. The lowest BCUT2D eigenvalue weighted by molar-refractivity contribution is 0.0128. The van der Waals surface area contributed by atoms with Crippen LogP contribution in [0.2, 0.25) is 0 Å². The van der Waals surface area contributed by atoms with Crippen LogP contribution in [0.3, 0.4) is 0 Å². The van der Waals surface area contributed by atoms with E-state index in [-0.39, 0.29) is 11.8 Å². The van der Waals surface area contributed by atoms with Crippen LogP contribution in [0.25, 0.3) is 0 Å². The van der Waals surface area contributed by atoms with Crippen molar-refractivity contribution in [2.75, 3.05) is 38.6 Å². The van der Waals surface area contributed by atoms with E-state index in [9.17, 15) is 8.42 Å². The molecule has 21 heavy (non-hydrogen) atoms. The first kappa shape index (κ1) is 16.5. The molecule has 1 unspecified atom stereocenters. The lowest BCUT2D eigenvalue weighted by Crippen LogP contribution is -2.44. The zero-order chi connectivity index (χ0) is 15.1. The van der Waals surface area contributed by atoms with Gasteiger partial charge in [-0.15, -0.1) is 0 Å². The van der Waals surface area contributed by atoms with Crippen molar-refractivity contribution in [3.05, 3.63) is 24.2 Å². The van der Waals surface area contributed by atoms with E-state index in [4.69, 9.17) is 9.15 Å². The van der Waals surface area contributed by atoms with E-state index in [1.165, 1.54) is 0 Å². The molecular weight excluding hydrogens is 292 g/mol. The second-order valence-electron chi connectivity index (χ2n) is 5.20. The fourth-order valence-corrected chi connectivity index (χ4v) is 3.62. The Kier molecular flexibility index (Phi) is 6.22. The first-order valence-corrected chi connectivity index (χ1v) is 9.10. The molecule has 0 saturated carbocycles. The predicted octanol–water partition coefficient (Wildman–Crippen LogP) is 1.37. The number of sulfonamides is 1. The Bertz CT molecular complexity index is 495. The van der Waals surface area contributed by atoms with Gasteiger partial charge in [-0.1, -0.05) is 13.3 Å². The van der Waals surface area contributed by atoms with Crippen molar-refractivity contribution in [1.82, 2.24) is 9.62 Å². The van der Waals surface area contributed by atoms with Gasteiger partial charge in [0.15, 0.2) is 0 Å². The third kappa shape index (κ3) is 5.10. The highest BCUT2D eigenvalue weighted by atomic mass is 32.2. The summed E-state index contributed by atoms with van der Waals surface area (Å²) >= 11 is 0. The SMILES string of the molecule is CCCCS(=O)(=O)NCC(c1ccco1)N1CCOCC1. The molecule has 1 aliphatic heterocycles. The van der Waals surface area contributed by atoms with Gasteiger partial charge in [0.05, 0.1) is 31.3 Å². The van der Waals surface area contributed by atoms with E-state index in [1.807, 2.05) is 19.1 Å². The van der Waals surface area contributed by atoms with Gasteiger partial charge in [-0.3, -0.25) is 4.90 Å². The smallest absolute Gasteiger partial charge is 0.211 e. The van der Waals surface area contributed by atoms with Crippen molar-refractivity contribution in [3.8, 4) is 0 Å². The van der Waals surface area contributed by atoms with Crippen LogP contribution in [0.1, 0.15) is 31.6 Å². The molecule has 2 heterocycles. The van der Waals surface area contributed by atoms with Gasteiger partial charge in [0, 0.05) is 19.6 Å². The van der Waals surface area contributed by atoms with Crippen LogP contribution in [0.5, 0.6) is 0 Å². The Morgan fingerprint density at radius 3 is 2.76 bits per heavy atom. The molecule has 1 saturated heterocycles. The summed E-state index contributed by atoms with van der Waals surface area (Å²) in [5, 5.41) is 0. The van der Waals surface area contributed by atoms with Crippen molar-refractivity contribution in [1.29, 1.82) is 0 Å². The minimum Gasteiger partial charge on any atom is -0.468 e. The topological polar surface area (TPSA) is 71.8 Å². The molecule has 1 N–H and O–H groups in total. The van der Waals surface area contributed by atoms with Crippen molar-refractivity contribution in [2.45, 2.75) is 25.8 Å². The van der Waals surface area contributed by atoms with Crippen LogP contribution in [0.4, 0.5) is 0 Å². The molecule has 0 radical (unpaired) electrons. The largest absolute Gasteiger partial charge is 0.468 e. The highest BCUT2D eigenvalue weighted by Crippen LogP contribution is 2.21. The van der Waals surface area contributed by atoms with Crippen LogP contribution >= 0.6 is 0 Å². The number of nitrogens with one attached hydrogen (secondary N) is 1. The molecule has 0 aliphatic carbocycles. The molecule has 1 aromatic heterocycles. The average Bonchev–Trinajstić information content (AvgIpc) is 3.01. The highest BCUT2D eigenvalue weighted by Gasteiger charge is 2.26. The summed E-state index contributed by atoms with van der Waals surface area (Å²) in [5.74, 6) is 0.965. The van der Waals surface area contributed by atoms with Gasteiger partial charge < -0.3 is 9.15 Å². The number of morpholine rings is 1. The maximum absolute atomic E-state index is 12.0. The molecule has 1 aromatic rings. The highest BCUT2D eigenvalue weighted by molar-refractivity contribution is 7.89. The molecule has 2 rings (SSSR count). The number of unbranched alkanes of at least 4 members (excludes halogenated alkanes) is 1. The monoisotopic (exact) mass is 316 g/mol. The average molecular weight is 316 g/mol. The third-order valence-corrected chi connectivity index (χ3v) is 5.05. The molecule has 0 bridgehead atoms. The van der Waals surface area contributed by atoms with Gasteiger partial charge in [-0.25, -0.2) is 13.1 Å². The fourth-order valence-electron chi connectivity index (χ4n) is 2.39. The number of ether oxygens (including phenoxy) is 1. The van der Waals surface area contributed by atoms with Gasteiger partial charge >= 0.3 is 0 Å². The van der Waals surface area contributed by atoms with E-state index in [0.29, 0.717) is 26.2 Å². The molecule has 0 spiro atoms. The molecule has 7 heteroatoms. The quantitative estimate of drug-likeness (QED) is 0.784. The van der Waals surface area contributed by atoms with Crippen LogP contribution in [0.15, 0.2) is 22.8 Å². The lowest BCUT2D eigenvalue weighted by Gasteiger charge is -2.33. The maximum Gasteiger partial charge on any atom is 0.211 e. The van der Waals surface area contributed by atoms with Gasteiger partial charge in [0.2, 0.25) is 10.0 Å². The van der Waals surface area contributed by atoms with E-state index in [0.717, 1.165) is 25.3 Å². The molecule has 0 amide bonds. The molecule has 1 fully saturated rings. The Balaban J connectivity index is 1.99. The summed E-state index contributed by atoms with van der Waals surface area (Å²) in [4.78, 5) is 2.20. The third-order valence-electron chi connectivity index (χ3n) is 3.62. The van der Waals surface area contributed by atoms with Gasteiger partial charge in [-0.2, -0.15) is 0 Å². The van der Waals surface area contributed by atoms with Gasteiger partial charge in [-0.05, 0) is 18.6 Å². The zero-order valence-corrected chi connectivity index (χ0v) is 13.3. The number of furan rings is 1. The maximum atomic E-state index is 12.0. The summed E-state index contributed by atoms with van der Waals surface area (Å²) in [6.45, 7) is 5.21. The van der Waals surface area contributed by atoms with Crippen LogP contribution < -0.4 is 4.72 Å². The fraction of sp³-hybridized carbons (Fsp3) is 0.714. The number of rotatable bonds is 8. The minimum absolute atomic E-state index is 0.0831. The number of hydrogen-bond acceptors (Lipinski definition) is 5. The first-order chi connectivity index (χ1) is 10.1. The normalized spacial score (nSPS) is 18.7. The Morgan fingerprint density at radius 1 is 1.38 bits per heavy atom. The van der Waals surface area contributed by atoms with Crippen LogP contribution in [-0.2, 0) is 14.8 Å². The number of hydrogen-bond donors (Lipinski definition) is 1. The minimum atomic E-state index is -3.22. The van der Waals surface area contributed by atoms with Crippen molar-refractivity contribution >= 4 is 10.0 Å². The van der Waals surface area contributed by atoms with Crippen molar-refractivity contribution in [2.24, 2.45) is 0 Å². The zero-order valence-electron chi connectivity index (χ0n) is 12.5. The molecular formula is C14H24N2O4S. The van der Waals surface area contributed by atoms with Crippen LogP contribution in [0, 0.1) is 0 Å². The van der Waals surface area contributed by atoms with Gasteiger partial charge in [0.25, 0.3) is 0 Å². The molecule has 1 aliphatic rings. The predicted molar refractivity (Wildman–Crippen MR) is 80.5 cm³/mol. The molecule has 6 nitrogen and oxygen atoms in total. The summed E-state index contributed by atoms with van der Waals surface area (Å²) < 4.78 is 37.5. The van der Waals surface area contributed by atoms with E-state index in [2.05, 4.69) is 9.62 Å².